The number of furan rings is 1. The molecule has 0 bridgehead atoms. The SMILES string of the molecule is Cc1ccc(C)cc1.Cc1ccc(C)o1. The maximum Gasteiger partial charge on any atom is 0.101 e. The van der Waals surface area contributed by atoms with Gasteiger partial charge in [-0.15, -0.1) is 0 Å². The van der Waals surface area contributed by atoms with E-state index < -0.39 is 0 Å². The lowest BCUT2D eigenvalue weighted by molar-refractivity contribution is 0.504. The van der Waals surface area contributed by atoms with Crippen molar-refractivity contribution < 1.29 is 4.42 Å². The zero-order valence-corrected chi connectivity index (χ0v) is 9.87. The van der Waals surface area contributed by atoms with Crippen LogP contribution in [0.15, 0.2) is 40.8 Å². The predicted molar refractivity (Wildman–Crippen MR) is 64.1 cm³/mol. The van der Waals surface area contributed by atoms with E-state index in [1.54, 1.807) is 0 Å². The van der Waals surface area contributed by atoms with Gasteiger partial charge in [0.2, 0.25) is 0 Å². The van der Waals surface area contributed by atoms with Crippen molar-refractivity contribution in [3.8, 4) is 0 Å². The molecule has 80 valence electrons. The topological polar surface area (TPSA) is 13.1 Å². The van der Waals surface area contributed by atoms with E-state index in [0.29, 0.717) is 0 Å². The van der Waals surface area contributed by atoms with E-state index in [0.717, 1.165) is 11.5 Å². The third kappa shape index (κ3) is 4.50. The van der Waals surface area contributed by atoms with Crippen molar-refractivity contribution in [1.82, 2.24) is 0 Å². The molecule has 2 aromatic rings. The second kappa shape index (κ2) is 5.40. The maximum absolute atomic E-state index is 5.08. The lowest BCUT2D eigenvalue weighted by Crippen LogP contribution is -1.70. The quantitative estimate of drug-likeness (QED) is 0.624. The highest BCUT2D eigenvalue weighted by molar-refractivity contribution is 5.19. The zero-order chi connectivity index (χ0) is 11.3. The normalized spacial score (nSPS) is 9.33. The van der Waals surface area contributed by atoms with Crippen LogP contribution in [-0.4, -0.2) is 0 Å². The van der Waals surface area contributed by atoms with Crippen LogP contribution in [0.25, 0.3) is 0 Å². The van der Waals surface area contributed by atoms with Crippen LogP contribution in [0.5, 0.6) is 0 Å². The van der Waals surface area contributed by atoms with Crippen LogP contribution in [0, 0.1) is 27.7 Å². The van der Waals surface area contributed by atoms with Crippen LogP contribution in [0.3, 0.4) is 0 Å². The molecule has 0 unspecified atom stereocenters. The van der Waals surface area contributed by atoms with E-state index in [-0.39, 0.29) is 0 Å². The Balaban J connectivity index is 0.000000151. The molecule has 0 aliphatic carbocycles. The average molecular weight is 202 g/mol. The van der Waals surface area contributed by atoms with E-state index in [2.05, 4.69) is 38.1 Å². The first-order valence-corrected chi connectivity index (χ1v) is 5.14. The molecule has 1 heterocycles. The first-order chi connectivity index (χ1) is 7.08. The van der Waals surface area contributed by atoms with E-state index in [1.807, 2.05) is 26.0 Å². The third-order valence-electron chi connectivity index (χ3n) is 2.09. The van der Waals surface area contributed by atoms with Gasteiger partial charge in [-0.05, 0) is 39.8 Å². The summed E-state index contributed by atoms with van der Waals surface area (Å²) < 4.78 is 5.08. The van der Waals surface area contributed by atoms with Crippen molar-refractivity contribution in [1.29, 1.82) is 0 Å². The molecule has 1 aromatic carbocycles. The van der Waals surface area contributed by atoms with Crippen LogP contribution in [-0.2, 0) is 0 Å². The number of rotatable bonds is 0. The summed E-state index contributed by atoms with van der Waals surface area (Å²) in [5.41, 5.74) is 2.66. The van der Waals surface area contributed by atoms with Gasteiger partial charge >= 0.3 is 0 Å². The summed E-state index contributed by atoms with van der Waals surface area (Å²) in [5.74, 6) is 1.97. The van der Waals surface area contributed by atoms with Crippen LogP contribution < -0.4 is 0 Å². The highest BCUT2D eigenvalue weighted by Gasteiger charge is 1.85. The van der Waals surface area contributed by atoms with Gasteiger partial charge < -0.3 is 4.42 Å². The average Bonchev–Trinajstić information content (AvgIpc) is 2.56. The number of hydrogen-bond donors (Lipinski definition) is 0. The smallest absolute Gasteiger partial charge is 0.101 e. The summed E-state index contributed by atoms with van der Waals surface area (Å²) >= 11 is 0. The van der Waals surface area contributed by atoms with Gasteiger partial charge in [-0.2, -0.15) is 0 Å². The molecule has 0 saturated heterocycles. The number of hydrogen-bond acceptors (Lipinski definition) is 1. The minimum Gasteiger partial charge on any atom is -0.467 e. The summed E-state index contributed by atoms with van der Waals surface area (Å²) in [7, 11) is 0. The van der Waals surface area contributed by atoms with Crippen LogP contribution in [0.2, 0.25) is 0 Å². The molecule has 0 N–H and O–H groups in total. The van der Waals surface area contributed by atoms with Gasteiger partial charge in [-0.3, -0.25) is 0 Å². The van der Waals surface area contributed by atoms with Crippen molar-refractivity contribution >= 4 is 0 Å². The lowest BCUT2D eigenvalue weighted by Gasteiger charge is -1.90. The Labute approximate surface area is 91.7 Å². The first kappa shape index (κ1) is 11.6. The van der Waals surface area contributed by atoms with Crippen LogP contribution in [0.1, 0.15) is 22.6 Å². The molecule has 0 radical (unpaired) electrons. The molecule has 1 heteroatoms. The van der Waals surface area contributed by atoms with Gasteiger partial charge in [0.15, 0.2) is 0 Å². The van der Waals surface area contributed by atoms with Crippen molar-refractivity contribution in [3.05, 3.63) is 59.0 Å². The summed E-state index contributed by atoms with van der Waals surface area (Å²) in [5, 5.41) is 0. The molecule has 0 saturated carbocycles. The number of benzene rings is 1. The molecule has 1 aromatic heterocycles. The van der Waals surface area contributed by atoms with Crippen LogP contribution >= 0.6 is 0 Å². The minimum absolute atomic E-state index is 0.984. The van der Waals surface area contributed by atoms with E-state index in [4.69, 9.17) is 4.42 Å². The van der Waals surface area contributed by atoms with E-state index in [9.17, 15) is 0 Å². The Hall–Kier alpha value is -1.50. The Morgan fingerprint density at radius 1 is 0.600 bits per heavy atom. The van der Waals surface area contributed by atoms with E-state index >= 15 is 0 Å². The Morgan fingerprint density at radius 2 is 0.933 bits per heavy atom. The van der Waals surface area contributed by atoms with Crippen molar-refractivity contribution in [2.24, 2.45) is 0 Å². The third-order valence-corrected chi connectivity index (χ3v) is 2.09. The molecule has 0 aliphatic rings. The summed E-state index contributed by atoms with van der Waals surface area (Å²) in [6, 6.07) is 12.4. The highest BCUT2D eigenvalue weighted by atomic mass is 16.3. The molecule has 2 rings (SSSR count). The molecule has 0 fully saturated rings. The summed E-state index contributed by atoms with van der Waals surface area (Å²) in [4.78, 5) is 0. The van der Waals surface area contributed by atoms with Crippen LogP contribution in [0.4, 0.5) is 0 Å². The maximum atomic E-state index is 5.08. The fourth-order valence-electron chi connectivity index (χ4n) is 1.19. The van der Waals surface area contributed by atoms with Crippen molar-refractivity contribution in [2.45, 2.75) is 27.7 Å². The molecular weight excluding hydrogens is 184 g/mol. The van der Waals surface area contributed by atoms with Crippen molar-refractivity contribution in [3.63, 3.8) is 0 Å². The Morgan fingerprint density at radius 3 is 1.13 bits per heavy atom. The van der Waals surface area contributed by atoms with Gasteiger partial charge in [0, 0.05) is 0 Å². The molecule has 0 atom stereocenters. The monoisotopic (exact) mass is 202 g/mol. The zero-order valence-electron chi connectivity index (χ0n) is 9.87. The second-order valence-electron chi connectivity index (χ2n) is 3.81. The summed E-state index contributed by atoms with van der Waals surface area (Å²) in [6.45, 7) is 8.07. The fourth-order valence-corrected chi connectivity index (χ4v) is 1.19. The largest absolute Gasteiger partial charge is 0.467 e. The molecule has 0 amide bonds. The Bertz CT molecular complexity index is 358. The first-order valence-electron chi connectivity index (χ1n) is 5.14. The lowest BCUT2D eigenvalue weighted by atomic mass is 10.2. The van der Waals surface area contributed by atoms with Gasteiger partial charge in [0.25, 0.3) is 0 Å². The minimum atomic E-state index is 0.984. The standard InChI is InChI=1S/C8H10.C6H8O/c1-7-3-5-8(2)6-4-7;1-5-3-4-6(2)7-5/h3-6H,1-2H3;3-4H,1-2H3. The molecule has 1 nitrogen and oxygen atoms in total. The number of aryl methyl sites for hydroxylation is 4. The van der Waals surface area contributed by atoms with Gasteiger partial charge in [-0.1, -0.05) is 35.4 Å². The van der Waals surface area contributed by atoms with Gasteiger partial charge in [0.1, 0.15) is 11.5 Å². The molecule has 0 aliphatic heterocycles. The molecule has 0 spiro atoms. The molecular formula is C14H18O. The van der Waals surface area contributed by atoms with Gasteiger partial charge in [-0.25, -0.2) is 0 Å². The summed E-state index contributed by atoms with van der Waals surface area (Å²) in [6.07, 6.45) is 0. The Kier molecular flexibility index (Phi) is 4.17. The fraction of sp³-hybridized carbons (Fsp3) is 0.286. The second-order valence-corrected chi connectivity index (χ2v) is 3.81. The highest BCUT2D eigenvalue weighted by Crippen LogP contribution is 2.02. The van der Waals surface area contributed by atoms with Crippen molar-refractivity contribution in [2.75, 3.05) is 0 Å². The van der Waals surface area contributed by atoms with E-state index in [1.165, 1.54) is 11.1 Å². The van der Waals surface area contributed by atoms with Gasteiger partial charge in [0.05, 0.1) is 0 Å². The molecule has 15 heavy (non-hydrogen) atoms. The predicted octanol–water partition coefficient (Wildman–Crippen LogP) is 4.20.